The van der Waals surface area contributed by atoms with Gasteiger partial charge in [0.05, 0.1) is 16.0 Å². The number of fused-ring (bicyclic) bond motifs is 1. The monoisotopic (exact) mass is 478 g/mol. The molecule has 1 atom stereocenters. The molecule has 0 bridgehead atoms. The Bertz CT molecular complexity index is 1530. The largest absolute Gasteiger partial charge is 0.375 e. The summed E-state index contributed by atoms with van der Waals surface area (Å²) < 4.78 is 28.4. The van der Waals surface area contributed by atoms with Gasteiger partial charge in [-0.1, -0.05) is 47.6 Å². The molecule has 1 heterocycles. The molecule has 0 aliphatic rings. The first-order valence-corrected chi connectivity index (χ1v) is 12.3. The number of amides is 1. The van der Waals surface area contributed by atoms with E-state index in [2.05, 4.69) is 10.5 Å². The predicted molar refractivity (Wildman–Crippen MR) is 127 cm³/mol. The molecule has 3 aromatic carbocycles. The maximum atomic E-state index is 13.4. The van der Waals surface area contributed by atoms with Crippen LogP contribution in [0.4, 0.5) is 5.69 Å². The molecule has 0 aliphatic carbocycles. The van der Waals surface area contributed by atoms with E-state index >= 15 is 0 Å². The summed E-state index contributed by atoms with van der Waals surface area (Å²) in [6.45, 7) is 1.67. The van der Waals surface area contributed by atoms with E-state index < -0.39 is 27.0 Å². The molecule has 4 rings (SSSR count). The highest BCUT2D eigenvalue weighted by molar-refractivity contribution is 7.90. The molecule has 1 amide bonds. The molecule has 0 fully saturated rings. The lowest BCUT2D eigenvalue weighted by Crippen LogP contribution is -2.42. The number of carbonyl (C=O) groups excluding carboxylic acids is 1. The van der Waals surface area contributed by atoms with Gasteiger partial charge in [-0.15, -0.1) is 0 Å². The predicted octanol–water partition coefficient (Wildman–Crippen LogP) is 2.97. The Balaban J connectivity index is 1.74. The smallest absolute Gasteiger partial charge is 0.366 e. The van der Waals surface area contributed by atoms with E-state index in [1.165, 1.54) is 36.4 Å². The summed E-state index contributed by atoms with van der Waals surface area (Å²) in [7, 11) is -3.44. The Hall–Kier alpha value is -3.82. The number of carbonyl (C=O) groups is 1. The summed E-state index contributed by atoms with van der Waals surface area (Å²) in [5.41, 5.74) is -0.821. The van der Waals surface area contributed by atoms with Crippen LogP contribution in [-0.2, 0) is 26.7 Å². The zero-order valence-electron chi connectivity index (χ0n) is 18.5. The van der Waals surface area contributed by atoms with Crippen molar-refractivity contribution in [1.82, 2.24) is 5.16 Å². The minimum absolute atomic E-state index is 0.0460. The third kappa shape index (κ3) is 4.61. The number of benzene rings is 3. The zero-order chi connectivity index (χ0) is 24.5. The van der Waals surface area contributed by atoms with E-state index in [9.17, 15) is 23.1 Å². The lowest BCUT2D eigenvalue weighted by molar-refractivity contribution is -0.135. The van der Waals surface area contributed by atoms with Crippen molar-refractivity contribution < 1.29 is 22.8 Å². The highest BCUT2D eigenvalue weighted by Crippen LogP contribution is 2.30. The highest BCUT2D eigenvalue weighted by atomic mass is 32.2. The number of aliphatic hydroxyl groups is 1. The Morgan fingerprint density at radius 3 is 2.35 bits per heavy atom. The van der Waals surface area contributed by atoms with Crippen LogP contribution in [0.15, 0.2) is 87.0 Å². The molecule has 9 heteroatoms. The summed E-state index contributed by atoms with van der Waals surface area (Å²) in [5.74, 6) is -0.712. The topological polar surface area (TPSA) is 127 Å². The van der Waals surface area contributed by atoms with Crippen LogP contribution >= 0.6 is 0 Å². The second kappa shape index (κ2) is 8.85. The van der Waals surface area contributed by atoms with Crippen LogP contribution in [-0.4, -0.2) is 30.8 Å². The lowest BCUT2D eigenvalue weighted by Gasteiger charge is -2.28. The summed E-state index contributed by atoms with van der Waals surface area (Å²) >= 11 is 0. The van der Waals surface area contributed by atoms with Gasteiger partial charge >= 0.3 is 5.63 Å². The Kier molecular flexibility index (Phi) is 6.07. The fourth-order valence-corrected chi connectivity index (χ4v) is 4.36. The number of hydrogen-bond donors (Lipinski definition) is 2. The van der Waals surface area contributed by atoms with Crippen LogP contribution in [0, 0.1) is 6.92 Å². The fourth-order valence-electron chi connectivity index (χ4n) is 3.72. The zero-order valence-corrected chi connectivity index (χ0v) is 19.3. The van der Waals surface area contributed by atoms with Gasteiger partial charge in [0.25, 0.3) is 5.91 Å². The second-order valence-electron chi connectivity index (χ2n) is 8.09. The van der Waals surface area contributed by atoms with Crippen LogP contribution in [0.3, 0.4) is 0 Å². The van der Waals surface area contributed by atoms with Gasteiger partial charge < -0.3 is 14.9 Å². The molecular weight excluding hydrogens is 456 g/mol. The van der Waals surface area contributed by atoms with Crippen molar-refractivity contribution in [3.8, 4) is 0 Å². The van der Waals surface area contributed by atoms with Crippen molar-refractivity contribution in [2.75, 3.05) is 11.6 Å². The Labute approximate surface area is 195 Å². The van der Waals surface area contributed by atoms with Crippen LogP contribution < -0.4 is 10.9 Å². The van der Waals surface area contributed by atoms with E-state index in [4.69, 9.17) is 4.52 Å². The Morgan fingerprint density at radius 1 is 1.03 bits per heavy atom. The van der Waals surface area contributed by atoms with E-state index in [-0.39, 0.29) is 16.9 Å². The van der Waals surface area contributed by atoms with E-state index in [0.29, 0.717) is 27.7 Å². The quantitative estimate of drug-likeness (QED) is 0.436. The molecule has 0 spiro atoms. The van der Waals surface area contributed by atoms with Crippen molar-refractivity contribution in [1.29, 1.82) is 0 Å². The molecule has 0 saturated carbocycles. The number of aryl methyl sites for hydroxylation is 1. The number of nitrogens with one attached hydrogen (secondary N) is 1. The van der Waals surface area contributed by atoms with Crippen molar-refractivity contribution in [3.63, 3.8) is 0 Å². The van der Waals surface area contributed by atoms with E-state index in [1.54, 1.807) is 37.3 Å². The third-order valence-electron chi connectivity index (χ3n) is 5.59. The van der Waals surface area contributed by atoms with Gasteiger partial charge in [0.2, 0.25) is 0 Å². The number of rotatable bonds is 6. The van der Waals surface area contributed by atoms with Crippen molar-refractivity contribution in [2.24, 2.45) is 0 Å². The van der Waals surface area contributed by atoms with E-state index in [1.807, 2.05) is 6.07 Å². The van der Waals surface area contributed by atoms with Crippen LogP contribution in [0.5, 0.6) is 0 Å². The van der Waals surface area contributed by atoms with Gasteiger partial charge in [-0.25, -0.2) is 13.2 Å². The fraction of sp³-hybridized carbons (Fsp3) is 0.160. The van der Waals surface area contributed by atoms with Crippen molar-refractivity contribution in [2.45, 2.75) is 23.8 Å². The molecule has 34 heavy (non-hydrogen) atoms. The standard InChI is InChI=1S/C25H22N2O6S/c1-16-22-14-19(10-13-21(22)23(28)33-27-16)26-24(29)25(30,15-17-6-4-3-5-7-17)18-8-11-20(12-9-18)34(2,31)32/h3-14,30H,15H2,1-2H3,(H,26,29). The first kappa shape index (κ1) is 23.3. The second-order valence-corrected chi connectivity index (χ2v) is 10.1. The first-order valence-electron chi connectivity index (χ1n) is 10.4. The van der Waals surface area contributed by atoms with Gasteiger partial charge in [0.15, 0.2) is 15.4 Å². The number of sulfone groups is 1. The minimum Gasteiger partial charge on any atom is -0.375 e. The summed E-state index contributed by atoms with van der Waals surface area (Å²) in [4.78, 5) is 25.4. The third-order valence-corrected chi connectivity index (χ3v) is 6.72. The SMILES string of the molecule is Cc1noc(=O)c2ccc(NC(=O)C(O)(Cc3ccccc3)c3ccc(S(C)(=O)=O)cc3)cc12. The molecular formula is C25H22N2O6S. The maximum Gasteiger partial charge on any atom is 0.366 e. The van der Waals surface area contributed by atoms with Crippen LogP contribution in [0.2, 0.25) is 0 Å². The molecule has 0 aliphatic heterocycles. The highest BCUT2D eigenvalue weighted by Gasteiger charge is 2.38. The van der Waals surface area contributed by atoms with Crippen molar-refractivity contribution in [3.05, 3.63) is 100 Å². The average Bonchev–Trinajstić information content (AvgIpc) is 2.81. The normalized spacial score (nSPS) is 13.4. The molecule has 0 radical (unpaired) electrons. The van der Waals surface area contributed by atoms with E-state index in [0.717, 1.165) is 6.26 Å². The van der Waals surface area contributed by atoms with Crippen LogP contribution in [0.25, 0.3) is 10.8 Å². The summed E-state index contributed by atoms with van der Waals surface area (Å²) in [6, 6.07) is 19.2. The minimum atomic E-state index is -3.44. The van der Waals surface area contributed by atoms with Gasteiger partial charge in [-0.05, 0) is 48.4 Å². The Morgan fingerprint density at radius 2 is 1.71 bits per heavy atom. The molecule has 174 valence electrons. The lowest BCUT2D eigenvalue weighted by atomic mass is 9.86. The van der Waals surface area contributed by atoms with Crippen LogP contribution in [0.1, 0.15) is 16.8 Å². The van der Waals surface area contributed by atoms with Crippen molar-refractivity contribution >= 4 is 32.2 Å². The van der Waals surface area contributed by atoms with Gasteiger partial charge in [-0.3, -0.25) is 4.79 Å². The molecule has 1 aromatic heterocycles. The van der Waals surface area contributed by atoms with Gasteiger partial charge in [0.1, 0.15) is 0 Å². The van der Waals surface area contributed by atoms with Gasteiger partial charge in [0, 0.05) is 23.8 Å². The first-order chi connectivity index (χ1) is 16.1. The number of aromatic nitrogens is 1. The maximum absolute atomic E-state index is 13.4. The number of anilines is 1. The summed E-state index contributed by atoms with van der Waals surface area (Å²) in [6.07, 6.45) is 1.04. The molecule has 2 N–H and O–H groups in total. The van der Waals surface area contributed by atoms with Gasteiger partial charge in [-0.2, -0.15) is 0 Å². The number of nitrogens with zero attached hydrogens (tertiary/aromatic N) is 1. The average molecular weight is 479 g/mol. The molecule has 0 saturated heterocycles. The molecule has 8 nitrogen and oxygen atoms in total. The summed E-state index contributed by atoms with van der Waals surface area (Å²) in [5, 5.41) is 18.9. The number of hydrogen-bond acceptors (Lipinski definition) is 7. The molecule has 4 aromatic rings. The molecule has 1 unspecified atom stereocenters.